The lowest BCUT2D eigenvalue weighted by Crippen LogP contribution is -2.13. The van der Waals surface area contributed by atoms with Crippen LogP contribution < -0.4 is 5.32 Å². The Morgan fingerprint density at radius 3 is 2.73 bits per heavy atom. The largest absolute Gasteiger partial charge is 0.466 e. The number of carbonyl (C=O) groups excluding carboxylic acids is 1. The quantitative estimate of drug-likeness (QED) is 0.490. The number of hydrogen-bond acceptors (Lipinski definition) is 3. The zero-order valence-electron chi connectivity index (χ0n) is 7.31. The Balaban J connectivity index is 3.70. The average Bonchev–Trinajstić information content (AvgIpc) is 2.00. The molecule has 0 aliphatic rings. The number of esters is 1. The number of ether oxygens (including phenoxy) is 1. The molecule has 0 bridgehead atoms. The van der Waals surface area contributed by atoms with Gasteiger partial charge in [0.2, 0.25) is 0 Å². The molecule has 0 rings (SSSR count). The lowest BCUT2D eigenvalue weighted by Gasteiger charge is -2.02. The van der Waals surface area contributed by atoms with Crippen molar-refractivity contribution in [3.63, 3.8) is 0 Å². The molecule has 0 heterocycles. The molecule has 0 aromatic heterocycles. The minimum absolute atomic E-state index is 0.314. The molecule has 0 saturated carbocycles. The Hall–Kier alpha value is -0.990. The Morgan fingerprint density at radius 1 is 1.64 bits per heavy atom. The summed E-state index contributed by atoms with van der Waals surface area (Å²) in [6.45, 7) is 4.80. The molecular weight excluding hydrogens is 142 g/mol. The monoisotopic (exact) mass is 157 g/mol. The molecule has 0 aliphatic carbocycles. The smallest absolute Gasteiger partial charge is 0.332 e. The van der Waals surface area contributed by atoms with Gasteiger partial charge in [-0.15, -0.1) is 0 Å². The van der Waals surface area contributed by atoms with Crippen LogP contribution in [0, 0.1) is 0 Å². The predicted octanol–water partition coefficient (Wildman–Crippen LogP) is 1.06. The highest BCUT2D eigenvalue weighted by Crippen LogP contribution is 1.88. The first kappa shape index (κ1) is 10.0. The summed E-state index contributed by atoms with van der Waals surface area (Å²) in [5.74, 6) is -0.314. The van der Waals surface area contributed by atoms with Crippen LogP contribution in [0.1, 0.15) is 20.3 Å². The molecule has 0 aromatic rings. The molecule has 0 spiro atoms. The standard InChI is InChI=1S/C8H15NO2/c1-4-5-9-7(2)6-8(10)11-3/h6,9H,4-5H2,1-3H3/b7-6-. The number of allylic oxidation sites excluding steroid dienone is 1. The summed E-state index contributed by atoms with van der Waals surface area (Å²) in [4.78, 5) is 10.6. The number of carbonyl (C=O) groups is 1. The molecule has 0 unspecified atom stereocenters. The van der Waals surface area contributed by atoms with E-state index in [9.17, 15) is 4.79 Å². The summed E-state index contributed by atoms with van der Waals surface area (Å²) in [6, 6.07) is 0. The number of methoxy groups -OCH3 is 1. The van der Waals surface area contributed by atoms with Crippen LogP contribution in [0.2, 0.25) is 0 Å². The number of nitrogens with one attached hydrogen (secondary N) is 1. The van der Waals surface area contributed by atoms with Crippen molar-refractivity contribution in [2.24, 2.45) is 0 Å². The van der Waals surface area contributed by atoms with E-state index in [-0.39, 0.29) is 5.97 Å². The number of rotatable bonds is 4. The van der Waals surface area contributed by atoms with Crippen LogP contribution in [0.25, 0.3) is 0 Å². The molecule has 0 radical (unpaired) electrons. The maximum atomic E-state index is 10.6. The van der Waals surface area contributed by atoms with Crippen molar-refractivity contribution in [1.82, 2.24) is 5.32 Å². The Bertz CT molecular complexity index is 152. The van der Waals surface area contributed by atoms with Crippen molar-refractivity contribution in [2.45, 2.75) is 20.3 Å². The second-order valence-electron chi connectivity index (χ2n) is 2.28. The van der Waals surface area contributed by atoms with E-state index in [4.69, 9.17) is 0 Å². The molecule has 0 saturated heterocycles. The lowest BCUT2D eigenvalue weighted by atomic mass is 10.4. The van der Waals surface area contributed by atoms with Gasteiger partial charge < -0.3 is 10.1 Å². The van der Waals surface area contributed by atoms with E-state index in [2.05, 4.69) is 17.0 Å². The molecule has 0 fully saturated rings. The number of hydrogen-bond donors (Lipinski definition) is 1. The molecule has 0 atom stereocenters. The predicted molar refractivity (Wildman–Crippen MR) is 44.1 cm³/mol. The van der Waals surface area contributed by atoms with Gasteiger partial charge in [-0.2, -0.15) is 0 Å². The Morgan fingerprint density at radius 2 is 2.27 bits per heavy atom. The first-order chi connectivity index (χ1) is 5.20. The molecule has 0 aromatic carbocycles. The summed E-state index contributed by atoms with van der Waals surface area (Å²) in [6.07, 6.45) is 2.49. The van der Waals surface area contributed by atoms with E-state index in [1.807, 2.05) is 6.92 Å². The maximum absolute atomic E-state index is 10.6. The second-order valence-corrected chi connectivity index (χ2v) is 2.28. The van der Waals surface area contributed by atoms with E-state index in [0.717, 1.165) is 18.7 Å². The van der Waals surface area contributed by atoms with Gasteiger partial charge >= 0.3 is 5.97 Å². The lowest BCUT2D eigenvalue weighted by molar-refractivity contribution is -0.134. The van der Waals surface area contributed by atoms with Gasteiger partial charge in [-0.05, 0) is 13.3 Å². The summed E-state index contributed by atoms with van der Waals surface area (Å²) in [5.41, 5.74) is 0.846. The van der Waals surface area contributed by atoms with E-state index in [1.54, 1.807) is 0 Å². The van der Waals surface area contributed by atoms with Crippen LogP contribution in [-0.4, -0.2) is 19.6 Å². The van der Waals surface area contributed by atoms with E-state index in [0.29, 0.717) is 0 Å². The molecule has 0 amide bonds. The molecule has 3 heteroatoms. The highest BCUT2D eigenvalue weighted by Gasteiger charge is 1.93. The van der Waals surface area contributed by atoms with Gasteiger partial charge in [0.25, 0.3) is 0 Å². The fourth-order valence-electron chi connectivity index (χ4n) is 0.609. The summed E-state index contributed by atoms with van der Waals surface area (Å²) < 4.78 is 4.45. The van der Waals surface area contributed by atoms with Gasteiger partial charge in [0.1, 0.15) is 0 Å². The Kier molecular flexibility index (Phi) is 5.25. The van der Waals surface area contributed by atoms with Crippen LogP contribution in [0.4, 0.5) is 0 Å². The fraction of sp³-hybridized carbons (Fsp3) is 0.625. The first-order valence-corrected chi connectivity index (χ1v) is 3.70. The fourth-order valence-corrected chi connectivity index (χ4v) is 0.609. The molecular formula is C8H15NO2. The van der Waals surface area contributed by atoms with Gasteiger partial charge in [0, 0.05) is 18.3 Å². The first-order valence-electron chi connectivity index (χ1n) is 3.70. The third-order valence-corrected chi connectivity index (χ3v) is 1.19. The van der Waals surface area contributed by atoms with Crippen LogP contribution in [0.5, 0.6) is 0 Å². The van der Waals surface area contributed by atoms with Gasteiger partial charge in [-0.25, -0.2) is 4.79 Å². The van der Waals surface area contributed by atoms with Crippen molar-refractivity contribution >= 4 is 5.97 Å². The summed E-state index contributed by atoms with van der Waals surface area (Å²) in [7, 11) is 1.37. The van der Waals surface area contributed by atoms with Gasteiger partial charge in [-0.1, -0.05) is 6.92 Å². The average molecular weight is 157 g/mol. The van der Waals surface area contributed by atoms with Gasteiger partial charge in [0.05, 0.1) is 7.11 Å². The van der Waals surface area contributed by atoms with Gasteiger partial charge in [-0.3, -0.25) is 0 Å². The minimum Gasteiger partial charge on any atom is -0.466 e. The maximum Gasteiger partial charge on any atom is 0.332 e. The van der Waals surface area contributed by atoms with Crippen LogP contribution in [0.15, 0.2) is 11.8 Å². The zero-order chi connectivity index (χ0) is 8.69. The summed E-state index contributed by atoms with van der Waals surface area (Å²) >= 11 is 0. The van der Waals surface area contributed by atoms with E-state index in [1.165, 1.54) is 13.2 Å². The minimum atomic E-state index is -0.314. The highest BCUT2D eigenvalue weighted by molar-refractivity contribution is 5.82. The normalized spacial score (nSPS) is 11.0. The third kappa shape index (κ3) is 5.45. The molecule has 1 N–H and O–H groups in total. The van der Waals surface area contributed by atoms with Crippen molar-refractivity contribution in [3.05, 3.63) is 11.8 Å². The Labute approximate surface area is 67.4 Å². The SMILES string of the molecule is CCCN/C(C)=C\C(=O)OC. The van der Waals surface area contributed by atoms with E-state index < -0.39 is 0 Å². The molecule has 0 aliphatic heterocycles. The molecule has 64 valence electrons. The van der Waals surface area contributed by atoms with Crippen LogP contribution in [0.3, 0.4) is 0 Å². The van der Waals surface area contributed by atoms with Crippen LogP contribution in [-0.2, 0) is 9.53 Å². The van der Waals surface area contributed by atoms with Crippen LogP contribution >= 0.6 is 0 Å². The van der Waals surface area contributed by atoms with Crippen molar-refractivity contribution in [3.8, 4) is 0 Å². The zero-order valence-corrected chi connectivity index (χ0v) is 7.31. The van der Waals surface area contributed by atoms with Crippen molar-refractivity contribution < 1.29 is 9.53 Å². The molecule has 11 heavy (non-hydrogen) atoms. The highest BCUT2D eigenvalue weighted by atomic mass is 16.5. The van der Waals surface area contributed by atoms with E-state index >= 15 is 0 Å². The second kappa shape index (κ2) is 5.77. The van der Waals surface area contributed by atoms with Gasteiger partial charge in [0.15, 0.2) is 0 Å². The topological polar surface area (TPSA) is 38.3 Å². The van der Waals surface area contributed by atoms with Crippen molar-refractivity contribution in [2.75, 3.05) is 13.7 Å². The third-order valence-electron chi connectivity index (χ3n) is 1.19. The summed E-state index contributed by atoms with van der Waals surface area (Å²) in [5, 5.41) is 3.06. The molecule has 3 nitrogen and oxygen atoms in total. The van der Waals surface area contributed by atoms with Crippen molar-refractivity contribution in [1.29, 1.82) is 0 Å².